The van der Waals surface area contributed by atoms with Crippen LogP contribution in [0.1, 0.15) is 40.0 Å². The predicted octanol–water partition coefficient (Wildman–Crippen LogP) is 5.18. The number of ether oxygens (including phenoxy) is 1. The fraction of sp³-hybridized carbons (Fsp3) is 0.474. The van der Waals surface area contributed by atoms with Crippen LogP contribution in [0, 0.1) is 0 Å². The molecule has 1 aliphatic heterocycles. The van der Waals surface area contributed by atoms with Crippen LogP contribution in [0.15, 0.2) is 41.3 Å². The van der Waals surface area contributed by atoms with Crippen molar-refractivity contribution in [1.82, 2.24) is 0 Å². The van der Waals surface area contributed by atoms with Gasteiger partial charge in [0.25, 0.3) is 0 Å². The van der Waals surface area contributed by atoms with Gasteiger partial charge in [-0.25, -0.2) is 0 Å². The summed E-state index contributed by atoms with van der Waals surface area (Å²) in [6.45, 7) is 6.33. The Morgan fingerprint density at radius 2 is 1.52 bits per heavy atom. The van der Waals surface area contributed by atoms with Crippen LogP contribution in [0.4, 0.5) is 0 Å². The molecule has 0 bridgehead atoms. The summed E-state index contributed by atoms with van der Waals surface area (Å²) in [5.74, 6) is 3.75. The van der Waals surface area contributed by atoms with Crippen LogP contribution in [0.5, 0.6) is 5.75 Å². The Bertz CT molecular complexity index is 621. The third-order valence-electron chi connectivity index (χ3n) is 3.85. The molecule has 1 fully saturated rings. The van der Waals surface area contributed by atoms with Gasteiger partial charge in [-0.1, -0.05) is 18.2 Å². The molecule has 0 N–H and O–H groups in total. The number of hydrogen-bond acceptors (Lipinski definition) is 1. The van der Waals surface area contributed by atoms with Crippen molar-refractivity contribution in [3.8, 4) is 5.75 Å². The molecule has 2 heteroatoms. The summed E-state index contributed by atoms with van der Waals surface area (Å²) in [4.78, 5) is 1.55. The van der Waals surface area contributed by atoms with Crippen molar-refractivity contribution in [3.63, 3.8) is 0 Å². The fourth-order valence-electron chi connectivity index (χ4n) is 2.97. The minimum atomic E-state index is -0.155. The van der Waals surface area contributed by atoms with Gasteiger partial charge in [0.2, 0.25) is 0 Å². The van der Waals surface area contributed by atoms with Crippen LogP contribution in [0.3, 0.4) is 0 Å². The highest BCUT2D eigenvalue weighted by atomic mass is 32.2. The summed E-state index contributed by atoms with van der Waals surface area (Å²) in [5, 5.41) is 2.66. The average molecular weight is 301 g/mol. The van der Waals surface area contributed by atoms with Gasteiger partial charge in [-0.2, -0.15) is 0 Å². The first-order valence-corrected chi connectivity index (χ1v) is 9.49. The molecular formula is C19H25OS+. The molecular weight excluding hydrogens is 276 g/mol. The first-order valence-electron chi connectivity index (χ1n) is 7.93. The molecule has 1 aliphatic rings. The van der Waals surface area contributed by atoms with Crippen LogP contribution >= 0.6 is 0 Å². The van der Waals surface area contributed by atoms with Crippen molar-refractivity contribution in [2.45, 2.75) is 50.5 Å². The second-order valence-electron chi connectivity index (χ2n) is 6.78. The molecule has 3 rings (SSSR count). The van der Waals surface area contributed by atoms with E-state index >= 15 is 0 Å². The van der Waals surface area contributed by atoms with Crippen molar-refractivity contribution in [2.75, 3.05) is 11.5 Å². The van der Waals surface area contributed by atoms with Crippen molar-refractivity contribution in [2.24, 2.45) is 0 Å². The van der Waals surface area contributed by atoms with Gasteiger partial charge < -0.3 is 4.74 Å². The summed E-state index contributed by atoms with van der Waals surface area (Å²) in [6, 6.07) is 13.2. The third kappa shape index (κ3) is 3.37. The van der Waals surface area contributed by atoms with Gasteiger partial charge >= 0.3 is 0 Å². The van der Waals surface area contributed by atoms with Gasteiger partial charge in [0.05, 0.1) is 0 Å². The first-order chi connectivity index (χ1) is 10.0. The summed E-state index contributed by atoms with van der Waals surface area (Å²) in [6.07, 6.45) is 4.18. The van der Waals surface area contributed by atoms with Crippen LogP contribution < -0.4 is 4.74 Å². The number of fused-ring (bicyclic) bond motifs is 1. The van der Waals surface area contributed by atoms with Crippen LogP contribution in [0.2, 0.25) is 0 Å². The Balaban J connectivity index is 2.05. The van der Waals surface area contributed by atoms with Crippen molar-refractivity contribution >= 4 is 21.7 Å². The van der Waals surface area contributed by atoms with Crippen molar-refractivity contribution in [1.29, 1.82) is 0 Å². The molecule has 21 heavy (non-hydrogen) atoms. The smallest absolute Gasteiger partial charge is 0.162 e. The Kier molecular flexibility index (Phi) is 4.17. The summed E-state index contributed by atoms with van der Waals surface area (Å²) >= 11 is 0. The Morgan fingerprint density at radius 1 is 0.857 bits per heavy atom. The largest absolute Gasteiger partial charge is 0.488 e. The molecule has 0 aliphatic carbocycles. The molecule has 0 spiro atoms. The van der Waals surface area contributed by atoms with E-state index in [9.17, 15) is 0 Å². The highest BCUT2D eigenvalue weighted by molar-refractivity contribution is 7.97. The third-order valence-corrected chi connectivity index (χ3v) is 6.39. The maximum Gasteiger partial charge on any atom is 0.162 e. The Labute approximate surface area is 131 Å². The van der Waals surface area contributed by atoms with E-state index in [4.69, 9.17) is 4.74 Å². The fourth-order valence-corrected chi connectivity index (χ4v) is 5.46. The minimum Gasteiger partial charge on any atom is -0.488 e. The molecule has 0 amide bonds. The summed E-state index contributed by atoms with van der Waals surface area (Å²) < 4.78 is 6.16. The topological polar surface area (TPSA) is 9.23 Å². The quantitative estimate of drug-likeness (QED) is 0.695. The minimum absolute atomic E-state index is 0.155. The highest BCUT2D eigenvalue weighted by Crippen LogP contribution is 2.35. The lowest BCUT2D eigenvalue weighted by Crippen LogP contribution is -2.23. The van der Waals surface area contributed by atoms with E-state index in [1.807, 2.05) is 0 Å². The lowest BCUT2D eigenvalue weighted by Gasteiger charge is -2.23. The van der Waals surface area contributed by atoms with Crippen molar-refractivity contribution < 1.29 is 4.74 Å². The molecule has 0 aromatic heterocycles. The van der Waals surface area contributed by atoms with Gasteiger partial charge in [0.1, 0.15) is 22.9 Å². The Hall–Kier alpha value is -1.15. The van der Waals surface area contributed by atoms with Crippen LogP contribution in [-0.2, 0) is 10.9 Å². The van der Waals surface area contributed by atoms with Gasteiger partial charge in [-0.3, -0.25) is 0 Å². The average Bonchev–Trinajstić information content (AvgIpc) is 2.47. The maximum absolute atomic E-state index is 6.16. The van der Waals surface area contributed by atoms with Gasteiger partial charge in [0, 0.05) is 21.7 Å². The lowest BCUT2D eigenvalue weighted by molar-refractivity contribution is 0.133. The van der Waals surface area contributed by atoms with E-state index in [2.05, 4.69) is 57.2 Å². The molecule has 0 saturated carbocycles. The van der Waals surface area contributed by atoms with E-state index in [0.717, 1.165) is 5.75 Å². The number of rotatable bonds is 2. The molecule has 1 nitrogen and oxygen atoms in total. The van der Waals surface area contributed by atoms with Crippen LogP contribution in [-0.4, -0.2) is 17.1 Å². The predicted molar refractivity (Wildman–Crippen MR) is 93.5 cm³/mol. The molecule has 0 radical (unpaired) electrons. The summed E-state index contributed by atoms with van der Waals surface area (Å²) in [7, 11) is 0.430. The van der Waals surface area contributed by atoms with E-state index in [0.29, 0.717) is 10.9 Å². The first kappa shape index (κ1) is 14.8. The molecule has 112 valence electrons. The van der Waals surface area contributed by atoms with Gasteiger partial charge in [0.15, 0.2) is 4.90 Å². The maximum atomic E-state index is 6.16. The number of hydrogen-bond donors (Lipinski definition) is 0. The second kappa shape index (κ2) is 5.92. The normalized spacial score (nSPS) is 17.1. The Morgan fingerprint density at radius 3 is 2.19 bits per heavy atom. The van der Waals surface area contributed by atoms with Gasteiger partial charge in [-0.05, 0) is 58.2 Å². The molecule has 0 unspecified atom stereocenters. The zero-order valence-corrected chi connectivity index (χ0v) is 14.1. The molecule has 0 atom stereocenters. The standard InChI is InChI=1S/C19H25OS/c1-19(2,3)20-17-11-12-18(21-13-7-4-8-14-21)16-10-6-5-9-15(16)17/h5-6,9-12H,4,7-8,13-14H2,1-3H3/q+1. The zero-order chi connectivity index (χ0) is 14.9. The van der Waals surface area contributed by atoms with E-state index in [1.165, 1.54) is 41.5 Å². The molecule has 1 heterocycles. The summed E-state index contributed by atoms with van der Waals surface area (Å²) in [5.41, 5.74) is -0.155. The SMILES string of the molecule is CC(C)(C)Oc1ccc([S+]2CCCCC2)c2ccccc12. The monoisotopic (exact) mass is 301 g/mol. The number of benzene rings is 2. The van der Waals surface area contributed by atoms with E-state index < -0.39 is 0 Å². The zero-order valence-electron chi connectivity index (χ0n) is 13.3. The molecule has 2 aromatic rings. The lowest BCUT2D eigenvalue weighted by atomic mass is 10.1. The second-order valence-corrected chi connectivity index (χ2v) is 9.03. The molecule has 2 aromatic carbocycles. The van der Waals surface area contributed by atoms with Gasteiger partial charge in [-0.15, -0.1) is 0 Å². The highest BCUT2D eigenvalue weighted by Gasteiger charge is 2.27. The van der Waals surface area contributed by atoms with Crippen LogP contribution in [0.25, 0.3) is 10.8 Å². The molecule has 1 saturated heterocycles. The van der Waals surface area contributed by atoms with E-state index in [-0.39, 0.29) is 5.60 Å². The van der Waals surface area contributed by atoms with E-state index in [1.54, 1.807) is 4.90 Å². The van der Waals surface area contributed by atoms with Crippen molar-refractivity contribution in [3.05, 3.63) is 36.4 Å².